The molecule has 4 N–H and O–H groups in total. The molecule has 4 aromatic rings. The summed E-state index contributed by atoms with van der Waals surface area (Å²) in [5.41, 5.74) is 4.75. The number of ether oxygens (including phenoxy) is 1. The summed E-state index contributed by atoms with van der Waals surface area (Å²) in [4.78, 5) is 35.3. The predicted octanol–water partition coefficient (Wildman–Crippen LogP) is 5.31. The Labute approximate surface area is 210 Å². The summed E-state index contributed by atoms with van der Waals surface area (Å²) < 4.78 is 5.37. The third-order valence-electron chi connectivity index (χ3n) is 6.39. The van der Waals surface area contributed by atoms with Gasteiger partial charge in [0, 0.05) is 23.0 Å². The van der Waals surface area contributed by atoms with Gasteiger partial charge in [0.2, 0.25) is 5.91 Å². The molecule has 2 aromatic carbocycles. The van der Waals surface area contributed by atoms with Gasteiger partial charge in [0.25, 0.3) is 0 Å². The molecule has 1 amide bonds. The third kappa shape index (κ3) is 6.13. The van der Waals surface area contributed by atoms with Crippen LogP contribution < -0.4 is 10.1 Å². The van der Waals surface area contributed by atoms with Crippen LogP contribution in [-0.4, -0.2) is 39.0 Å². The Morgan fingerprint density at radius 3 is 2.64 bits per heavy atom. The monoisotopic (exact) mass is 488 g/mol. The van der Waals surface area contributed by atoms with Crippen molar-refractivity contribution in [2.24, 2.45) is 0 Å². The lowest BCUT2D eigenvalue weighted by Gasteiger charge is -2.17. The van der Waals surface area contributed by atoms with Gasteiger partial charge in [-0.1, -0.05) is 43.2 Å². The minimum absolute atomic E-state index is 0.102. The number of aromatic amines is 2. The zero-order chi connectivity index (χ0) is 25.5. The van der Waals surface area contributed by atoms with E-state index in [-0.39, 0.29) is 24.8 Å². The van der Waals surface area contributed by atoms with E-state index in [0.29, 0.717) is 18.7 Å². The smallest absolute Gasteiger partial charge is 0.303 e. The number of nitrogens with one attached hydrogen (secondary N) is 3. The van der Waals surface area contributed by atoms with E-state index in [4.69, 9.17) is 9.84 Å². The summed E-state index contributed by atoms with van der Waals surface area (Å²) in [6.45, 7) is 1.97. The number of hydrogen-bond donors (Lipinski definition) is 4. The molecule has 0 radical (unpaired) electrons. The predicted molar refractivity (Wildman–Crippen MR) is 139 cm³/mol. The number of carbonyl (C=O) groups excluding carboxylic acids is 1. The number of aromatic nitrogens is 3. The lowest BCUT2D eigenvalue weighted by atomic mass is 10.0. The van der Waals surface area contributed by atoms with Gasteiger partial charge in [-0.3, -0.25) is 9.59 Å². The summed E-state index contributed by atoms with van der Waals surface area (Å²) in [6.07, 6.45) is 4.98. The van der Waals surface area contributed by atoms with Crippen molar-refractivity contribution < 1.29 is 19.4 Å². The van der Waals surface area contributed by atoms with Gasteiger partial charge in [0.05, 0.1) is 31.5 Å². The number of carboxylic acids is 1. The van der Waals surface area contributed by atoms with Crippen molar-refractivity contribution in [1.82, 2.24) is 20.3 Å². The van der Waals surface area contributed by atoms with Gasteiger partial charge in [0.1, 0.15) is 11.6 Å². The van der Waals surface area contributed by atoms with Crippen molar-refractivity contribution in [3.63, 3.8) is 0 Å². The van der Waals surface area contributed by atoms with Crippen LogP contribution in [0.1, 0.15) is 55.2 Å². The number of nitrogens with zero attached hydrogens (tertiary/aromatic N) is 1. The molecule has 8 heteroatoms. The van der Waals surface area contributed by atoms with Crippen molar-refractivity contribution in [1.29, 1.82) is 0 Å². The molecule has 0 bridgehead atoms. The Morgan fingerprint density at radius 1 is 1.08 bits per heavy atom. The average Bonchev–Trinajstić information content (AvgIpc) is 3.48. The van der Waals surface area contributed by atoms with Gasteiger partial charge in [-0.15, -0.1) is 0 Å². The molecule has 0 unspecified atom stereocenters. The van der Waals surface area contributed by atoms with Crippen molar-refractivity contribution >= 4 is 22.8 Å². The number of H-pyrrole nitrogens is 2. The Balaban J connectivity index is 1.50. The lowest BCUT2D eigenvalue weighted by molar-refractivity contribution is -0.137. The quantitative estimate of drug-likeness (QED) is 0.201. The topological polar surface area (TPSA) is 120 Å². The van der Waals surface area contributed by atoms with Crippen LogP contribution in [-0.2, 0) is 16.0 Å². The molecule has 0 spiro atoms. The number of methoxy groups -OCH3 is 1. The first-order chi connectivity index (χ1) is 17.4. The highest BCUT2D eigenvalue weighted by molar-refractivity contribution is 5.91. The van der Waals surface area contributed by atoms with Crippen LogP contribution in [0.4, 0.5) is 0 Å². The summed E-state index contributed by atoms with van der Waals surface area (Å²) in [6, 6.07) is 15.4. The Bertz CT molecular complexity index is 1330. The van der Waals surface area contributed by atoms with Crippen LogP contribution >= 0.6 is 0 Å². The fourth-order valence-corrected chi connectivity index (χ4v) is 4.48. The van der Waals surface area contributed by atoms with Crippen LogP contribution in [0, 0.1) is 6.92 Å². The van der Waals surface area contributed by atoms with E-state index < -0.39 is 5.97 Å². The number of carboxylic acid groups (broad SMARTS) is 1. The van der Waals surface area contributed by atoms with Crippen LogP contribution in [0.25, 0.3) is 22.2 Å². The summed E-state index contributed by atoms with van der Waals surface area (Å²) in [5, 5.41) is 13.0. The fraction of sp³-hybridized carbons (Fsp3) is 0.321. The lowest BCUT2D eigenvalue weighted by Crippen LogP contribution is -2.30. The third-order valence-corrected chi connectivity index (χ3v) is 6.39. The van der Waals surface area contributed by atoms with Gasteiger partial charge in [-0.05, 0) is 49.1 Å². The molecular weight excluding hydrogens is 456 g/mol. The molecule has 1 atom stereocenters. The molecule has 0 aliphatic heterocycles. The molecule has 0 saturated carbocycles. The molecular formula is C28H32N4O4. The number of imidazole rings is 1. The van der Waals surface area contributed by atoms with Crippen LogP contribution in [0.15, 0.2) is 54.7 Å². The summed E-state index contributed by atoms with van der Waals surface area (Å²) in [7, 11) is 1.63. The molecule has 8 nitrogen and oxygen atoms in total. The number of aliphatic carboxylic acids is 1. The van der Waals surface area contributed by atoms with E-state index in [9.17, 15) is 9.59 Å². The van der Waals surface area contributed by atoms with Crippen molar-refractivity contribution in [3.05, 3.63) is 71.8 Å². The number of unbranched alkanes of at least 4 members (excludes halogenated alkanes) is 2. The Kier molecular flexibility index (Phi) is 8.05. The van der Waals surface area contributed by atoms with Gasteiger partial charge < -0.3 is 25.1 Å². The highest BCUT2D eigenvalue weighted by Crippen LogP contribution is 2.28. The minimum atomic E-state index is -0.788. The normalized spacial score (nSPS) is 11.9. The maximum atomic E-state index is 13.2. The fourth-order valence-electron chi connectivity index (χ4n) is 4.48. The molecule has 2 heterocycles. The Morgan fingerprint density at radius 2 is 1.89 bits per heavy atom. The number of amides is 1. The number of carbonyl (C=O) groups is 2. The SMILES string of the molecule is COc1ccc2[nH]c(C)c(CC(=O)N[C@@H](CCCCCC(=O)O)c3ncc(-c4ccccc4)[nH]3)c2c1. The molecule has 2 aromatic heterocycles. The van der Waals surface area contributed by atoms with Gasteiger partial charge in [-0.25, -0.2) is 4.98 Å². The van der Waals surface area contributed by atoms with Gasteiger partial charge >= 0.3 is 5.97 Å². The molecule has 188 valence electrons. The molecule has 0 aliphatic carbocycles. The van der Waals surface area contributed by atoms with Gasteiger partial charge in [0.15, 0.2) is 0 Å². The highest BCUT2D eigenvalue weighted by atomic mass is 16.5. The van der Waals surface area contributed by atoms with Crippen LogP contribution in [0.5, 0.6) is 5.75 Å². The molecule has 4 rings (SSSR count). The van der Waals surface area contributed by atoms with E-state index in [1.807, 2.05) is 55.5 Å². The number of fused-ring (bicyclic) bond motifs is 1. The largest absolute Gasteiger partial charge is 0.497 e. The maximum absolute atomic E-state index is 13.2. The van der Waals surface area contributed by atoms with Crippen molar-refractivity contribution in [2.45, 2.75) is 51.5 Å². The second-order valence-electron chi connectivity index (χ2n) is 8.98. The number of aryl methyl sites for hydroxylation is 1. The minimum Gasteiger partial charge on any atom is -0.497 e. The highest BCUT2D eigenvalue weighted by Gasteiger charge is 2.20. The summed E-state index contributed by atoms with van der Waals surface area (Å²) in [5.74, 6) is 0.545. The van der Waals surface area contributed by atoms with E-state index in [2.05, 4.69) is 20.3 Å². The van der Waals surface area contributed by atoms with Crippen molar-refractivity contribution in [2.75, 3.05) is 7.11 Å². The van der Waals surface area contributed by atoms with E-state index in [0.717, 1.165) is 52.0 Å². The first kappa shape index (κ1) is 25.0. The maximum Gasteiger partial charge on any atom is 0.303 e. The second kappa shape index (κ2) is 11.6. The molecule has 36 heavy (non-hydrogen) atoms. The van der Waals surface area contributed by atoms with E-state index in [1.165, 1.54) is 0 Å². The van der Waals surface area contributed by atoms with Crippen LogP contribution in [0.2, 0.25) is 0 Å². The average molecular weight is 489 g/mol. The Hall–Kier alpha value is -4.07. The second-order valence-corrected chi connectivity index (χ2v) is 8.98. The molecule has 0 saturated heterocycles. The number of hydrogen-bond acceptors (Lipinski definition) is 4. The molecule has 0 aliphatic rings. The standard InChI is InChI=1S/C28H32N4O4/c1-18-21(22-15-20(36-2)13-14-23(22)30-18)16-26(33)31-24(11-7-4-8-12-27(34)35)28-29-17-25(32-28)19-9-5-3-6-10-19/h3,5-6,9-10,13-15,17,24,30H,4,7-8,11-12,16H2,1-2H3,(H,29,32)(H,31,33)(H,34,35)/t24-/m0/s1. The zero-order valence-corrected chi connectivity index (χ0v) is 20.6. The van der Waals surface area contributed by atoms with E-state index >= 15 is 0 Å². The first-order valence-corrected chi connectivity index (χ1v) is 12.2. The number of rotatable bonds is 12. The first-order valence-electron chi connectivity index (χ1n) is 12.2. The molecule has 0 fully saturated rings. The zero-order valence-electron chi connectivity index (χ0n) is 20.6. The van der Waals surface area contributed by atoms with E-state index in [1.54, 1.807) is 13.3 Å². The van der Waals surface area contributed by atoms with Crippen molar-refractivity contribution in [3.8, 4) is 17.0 Å². The number of benzene rings is 2. The van der Waals surface area contributed by atoms with Gasteiger partial charge in [-0.2, -0.15) is 0 Å². The summed E-state index contributed by atoms with van der Waals surface area (Å²) >= 11 is 0. The van der Waals surface area contributed by atoms with Crippen LogP contribution in [0.3, 0.4) is 0 Å².